The maximum Gasteiger partial charge on any atom is 0.113 e. The molecule has 0 radical (unpaired) electrons. The minimum atomic E-state index is -0.0943. The third-order valence-electron chi connectivity index (χ3n) is 5.39. The van der Waals surface area contributed by atoms with E-state index in [4.69, 9.17) is 9.47 Å². The number of methoxy groups -OCH3 is 2. The van der Waals surface area contributed by atoms with Crippen molar-refractivity contribution < 1.29 is 9.47 Å². The fourth-order valence-electron chi connectivity index (χ4n) is 4.29. The normalized spacial score (nSPS) is 19.2. The quantitative estimate of drug-likeness (QED) is 0.620. The van der Waals surface area contributed by atoms with Crippen LogP contribution in [0.5, 0.6) is 0 Å². The highest BCUT2D eigenvalue weighted by molar-refractivity contribution is 5.97. The highest BCUT2D eigenvalue weighted by atomic mass is 16.5. The Labute approximate surface area is 143 Å². The van der Waals surface area contributed by atoms with Gasteiger partial charge in [0, 0.05) is 14.2 Å². The number of rotatable bonds is 2. The van der Waals surface area contributed by atoms with Gasteiger partial charge in [0.25, 0.3) is 0 Å². The van der Waals surface area contributed by atoms with Crippen LogP contribution in [0.2, 0.25) is 0 Å². The van der Waals surface area contributed by atoms with E-state index in [0.717, 1.165) is 0 Å². The third-order valence-corrected chi connectivity index (χ3v) is 5.39. The van der Waals surface area contributed by atoms with Crippen molar-refractivity contribution in [3.05, 3.63) is 70.8 Å². The monoisotopic (exact) mass is 318 g/mol. The summed E-state index contributed by atoms with van der Waals surface area (Å²) in [5.41, 5.74) is 7.64. The minimum absolute atomic E-state index is 0.0852. The van der Waals surface area contributed by atoms with E-state index in [9.17, 15) is 0 Å². The van der Waals surface area contributed by atoms with Gasteiger partial charge < -0.3 is 9.47 Å². The van der Waals surface area contributed by atoms with Crippen LogP contribution >= 0.6 is 0 Å². The first kappa shape index (κ1) is 15.4. The molecule has 2 heteroatoms. The zero-order valence-electron chi connectivity index (χ0n) is 14.6. The van der Waals surface area contributed by atoms with E-state index in [1.807, 2.05) is 0 Å². The van der Waals surface area contributed by atoms with E-state index in [-0.39, 0.29) is 12.2 Å². The van der Waals surface area contributed by atoms with Gasteiger partial charge in [0.2, 0.25) is 0 Å². The van der Waals surface area contributed by atoms with Crippen molar-refractivity contribution in [2.24, 2.45) is 0 Å². The molecule has 0 unspecified atom stereocenters. The Balaban J connectivity index is 2.18. The number of aryl methyl sites for hydroxylation is 2. The number of benzene rings is 3. The molecule has 2 nitrogen and oxygen atoms in total. The Morgan fingerprint density at radius 2 is 1.29 bits per heavy atom. The summed E-state index contributed by atoms with van der Waals surface area (Å²) in [5, 5.41) is 2.61. The lowest BCUT2D eigenvalue weighted by molar-refractivity contribution is -0.0411. The van der Waals surface area contributed by atoms with E-state index in [1.54, 1.807) is 14.2 Å². The Morgan fingerprint density at radius 3 is 1.96 bits per heavy atom. The van der Waals surface area contributed by atoms with Gasteiger partial charge >= 0.3 is 0 Å². The Morgan fingerprint density at radius 1 is 0.708 bits per heavy atom. The van der Waals surface area contributed by atoms with Gasteiger partial charge in [0.15, 0.2) is 0 Å². The van der Waals surface area contributed by atoms with E-state index >= 15 is 0 Å². The summed E-state index contributed by atoms with van der Waals surface area (Å²) in [6.45, 7) is 4.42. The Kier molecular flexibility index (Phi) is 3.67. The lowest BCUT2D eigenvalue weighted by Crippen LogP contribution is -2.22. The molecule has 0 aromatic heterocycles. The molecule has 0 fully saturated rings. The smallest absolute Gasteiger partial charge is 0.113 e. The molecule has 0 heterocycles. The van der Waals surface area contributed by atoms with Crippen molar-refractivity contribution >= 4 is 10.8 Å². The Hall–Kier alpha value is -2.16. The lowest BCUT2D eigenvalue weighted by atomic mass is 9.76. The summed E-state index contributed by atoms with van der Waals surface area (Å²) in [6.07, 6.45) is -0.179. The molecule has 0 amide bonds. The number of hydrogen-bond acceptors (Lipinski definition) is 2. The fourth-order valence-corrected chi connectivity index (χ4v) is 4.29. The molecule has 0 N–H and O–H groups in total. The summed E-state index contributed by atoms with van der Waals surface area (Å²) in [4.78, 5) is 0. The Bertz CT molecular complexity index is 927. The zero-order chi connectivity index (χ0) is 16.8. The SMILES string of the molecule is CO[C@@H]1c2ccccc2-c2c(c(C)c3ccccc3c2C)[C@@H]1OC. The van der Waals surface area contributed by atoms with E-state index in [1.165, 1.54) is 44.2 Å². The number of fused-ring (bicyclic) bond motifs is 4. The highest BCUT2D eigenvalue weighted by Crippen LogP contribution is 2.51. The molecule has 0 saturated carbocycles. The summed E-state index contributed by atoms with van der Waals surface area (Å²) >= 11 is 0. The standard InChI is InChI=1S/C22H22O2/c1-13-15-9-5-6-10-16(15)14(2)20-19(13)17-11-7-8-12-18(17)21(23-3)22(20)24-4/h5-12,21-22H,1-4H3/t21-,22+/m1/s1. The van der Waals surface area contributed by atoms with Crippen LogP contribution in [0.3, 0.4) is 0 Å². The number of ether oxygens (including phenoxy) is 2. The predicted molar refractivity (Wildman–Crippen MR) is 98.4 cm³/mol. The average Bonchev–Trinajstić information content (AvgIpc) is 2.64. The van der Waals surface area contributed by atoms with Crippen molar-refractivity contribution in [2.45, 2.75) is 26.1 Å². The molecule has 2 atom stereocenters. The molecule has 1 aliphatic rings. The molecular formula is C22H22O2. The number of hydrogen-bond donors (Lipinski definition) is 0. The average molecular weight is 318 g/mol. The van der Waals surface area contributed by atoms with Crippen LogP contribution in [-0.4, -0.2) is 14.2 Å². The van der Waals surface area contributed by atoms with Crippen molar-refractivity contribution in [3.63, 3.8) is 0 Å². The fraction of sp³-hybridized carbons (Fsp3) is 0.273. The molecule has 3 aromatic rings. The van der Waals surface area contributed by atoms with Crippen molar-refractivity contribution in [1.29, 1.82) is 0 Å². The predicted octanol–water partition coefficient (Wildman–Crippen LogP) is 5.51. The van der Waals surface area contributed by atoms with Crippen LogP contribution in [0.25, 0.3) is 21.9 Å². The molecule has 3 aromatic carbocycles. The molecule has 0 aliphatic heterocycles. The molecular weight excluding hydrogens is 296 g/mol. The third kappa shape index (κ3) is 1.97. The van der Waals surface area contributed by atoms with Gasteiger partial charge in [-0.15, -0.1) is 0 Å². The first-order valence-electron chi connectivity index (χ1n) is 8.35. The molecule has 24 heavy (non-hydrogen) atoms. The van der Waals surface area contributed by atoms with Gasteiger partial charge in [-0.2, -0.15) is 0 Å². The van der Waals surface area contributed by atoms with E-state index < -0.39 is 0 Å². The van der Waals surface area contributed by atoms with Crippen LogP contribution < -0.4 is 0 Å². The van der Waals surface area contributed by atoms with E-state index in [0.29, 0.717) is 0 Å². The van der Waals surface area contributed by atoms with Gasteiger partial charge in [-0.1, -0.05) is 48.5 Å². The minimum Gasteiger partial charge on any atom is -0.374 e. The largest absolute Gasteiger partial charge is 0.374 e. The van der Waals surface area contributed by atoms with Gasteiger partial charge in [-0.3, -0.25) is 0 Å². The van der Waals surface area contributed by atoms with Crippen LogP contribution in [0.15, 0.2) is 48.5 Å². The second-order valence-electron chi connectivity index (χ2n) is 6.48. The van der Waals surface area contributed by atoms with Crippen molar-refractivity contribution in [1.82, 2.24) is 0 Å². The molecule has 4 rings (SSSR count). The summed E-state index contributed by atoms with van der Waals surface area (Å²) < 4.78 is 11.8. The van der Waals surface area contributed by atoms with Crippen LogP contribution in [-0.2, 0) is 9.47 Å². The van der Waals surface area contributed by atoms with Gasteiger partial charge in [0.1, 0.15) is 12.2 Å². The summed E-state index contributed by atoms with van der Waals surface area (Å²) in [6, 6.07) is 17.2. The van der Waals surface area contributed by atoms with E-state index in [2.05, 4.69) is 62.4 Å². The molecule has 0 bridgehead atoms. The first-order valence-corrected chi connectivity index (χ1v) is 8.35. The summed E-state index contributed by atoms with van der Waals surface area (Å²) in [5.74, 6) is 0. The van der Waals surface area contributed by atoms with Crippen LogP contribution in [0.1, 0.15) is 34.5 Å². The molecule has 1 aliphatic carbocycles. The second-order valence-corrected chi connectivity index (χ2v) is 6.48. The molecule has 122 valence electrons. The van der Waals surface area contributed by atoms with Crippen LogP contribution in [0, 0.1) is 13.8 Å². The van der Waals surface area contributed by atoms with Gasteiger partial charge in [0.05, 0.1) is 0 Å². The van der Waals surface area contributed by atoms with Crippen LogP contribution in [0.4, 0.5) is 0 Å². The van der Waals surface area contributed by atoms with Gasteiger partial charge in [-0.05, 0) is 58.0 Å². The second kappa shape index (κ2) is 5.73. The maximum absolute atomic E-state index is 5.94. The molecule has 0 saturated heterocycles. The highest BCUT2D eigenvalue weighted by Gasteiger charge is 2.36. The first-order chi connectivity index (χ1) is 11.7. The van der Waals surface area contributed by atoms with Crippen molar-refractivity contribution in [3.8, 4) is 11.1 Å². The summed E-state index contributed by atoms with van der Waals surface area (Å²) in [7, 11) is 3.54. The molecule has 0 spiro atoms. The lowest BCUT2D eigenvalue weighted by Gasteiger charge is -2.36. The maximum atomic E-state index is 5.94. The zero-order valence-corrected chi connectivity index (χ0v) is 14.6. The van der Waals surface area contributed by atoms with Crippen molar-refractivity contribution in [2.75, 3.05) is 14.2 Å². The topological polar surface area (TPSA) is 18.5 Å². The van der Waals surface area contributed by atoms with Gasteiger partial charge in [-0.25, -0.2) is 0 Å².